The molecule has 0 spiro atoms. The second-order valence-corrected chi connectivity index (χ2v) is 7.19. The molecule has 0 saturated carbocycles. The van der Waals surface area contributed by atoms with E-state index in [4.69, 9.17) is 9.47 Å². The highest BCUT2D eigenvalue weighted by atomic mass is 32.2. The lowest BCUT2D eigenvalue weighted by atomic mass is 10.1. The molecule has 2 amide bonds. The lowest BCUT2D eigenvalue weighted by molar-refractivity contribution is -0.150. The van der Waals surface area contributed by atoms with Gasteiger partial charge in [0.25, 0.3) is 11.1 Å². The van der Waals surface area contributed by atoms with Crippen LogP contribution in [0.1, 0.15) is 31.4 Å². The summed E-state index contributed by atoms with van der Waals surface area (Å²) >= 11 is 0.747. The quantitative estimate of drug-likeness (QED) is 0.402. The molecule has 1 saturated heterocycles. The highest BCUT2D eigenvalue weighted by Crippen LogP contribution is 2.36. The van der Waals surface area contributed by atoms with Crippen LogP contribution in [0.3, 0.4) is 0 Å². The number of ether oxygens (including phenoxy) is 2. The molecule has 0 bridgehead atoms. The van der Waals surface area contributed by atoms with Gasteiger partial charge < -0.3 is 14.6 Å². The maximum atomic E-state index is 12.6. The molecule has 0 aromatic heterocycles. The topological polar surface area (TPSA) is 93.1 Å². The van der Waals surface area contributed by atoms with Crippen molar-refractivity contribution >= 4 is 35.0 Å². The Bertz CT molecular complexity index is 832. The number of rotatable bonds is 8. The number of phenolic OH excluding ortho intramolecular Hbond substituents is 1. The first-order chi connectivity index (χ1) is 13.3. The molecule has 28 heavy (non-hydrogen) atoms. The zero-order chi connectivity index (χ0) is 20.8. The van der Waals surface area contributed by atoms with Crippen molar-refractivity contribution in [3.63, 3.8) is 0 Å². The largest absolute Gasteiger partial charge is 0.504 e. The molecular formula is C20H23NO6S. The fraction of sp³-hybridized carbons (Fsp3) is 0.350. The van der Waals surface area contributed by atoms with Crippen molar-refractivity contribution in [3.05, 3.63) is 40.8 Å². The fourth-order valence-electron chi connectivity index (χ4n) is 2.50. The number of aromatic hydroxyl groups is 1. The predicted octanol–water partition coefficient (Wildman–Crippen LogP) is 3.51. The first-order valence-corrected chi connectivity index (χ1v) is 9.57. The Morgan fingerprint density at radius 3 is 2.71 bits per heavy atom. The first kappa shape index (κ1) is 21.6. The Morgan fingerprint density at radius 1 is 1.39 bits per heavy atom. The van der Waals surface area contributed by atoms with E-state index < -0.39 is 23.7 Å². The van der Waals surface area contributed by atoms with Crippen LogP contribution in [0.5, 0.6) is 11.5 Å². The highest BCUT2D eigenvalue weighted by Gasteiger charge is 2.37. The summed E-state index contributed by atoms with van der Waals surface area (Å²) in [6, 6.07) is 3.25. The molecule has 1 aromatic rings. The van der Waals surface area contributed by atoms with Crippen molar-refractivity contribution in [2.75, 3.05) is 13.7 Å². The Labute approximate surface area is 168 Å². The number of phenols is 1. The van der Waals surface area contributed by atoms with Gasteiger partial charge in [0.05, 0.1) is 18.1 Å². The Balaban J connectivity index is 2.24. The van der Waals surface area contributed by atoms with Crippen LogP contribution in [0.4, 0.5) is 4.79 Å². The number of hydrogen-bond acceptors (Lipinski definition) is 7. The number of amides is 2. The van der Waals surface area contributed by atoms with Gasteiger partial charge in [0.1, 0.15) is 6.54 Å². The second kappa shape index (κ2) is 9.45. The van der Waals surface area contributed by atoms with Crippen LogP contribution in [0, 0.1) is 0 Å². The standard InChI is InChI=1S/C20H23NO6S/c1-5-7-14-8-13(9-15(26-4)18(14)23)10-16-19(24)21(20(25)28-16)11-17(22)27-12(3)6-2/h5,8-10,12,23H,1,6-7,11H2,2-4H3/b16-10-/t12-/m1/s1. The predicted molar refractivity (Wildman–Crippen MR) is 107 cm³/mol. The van der Waals surface area contributed by atoms with Gasteiger partial charge >= 0.3 is 5.97 Å². The summed E-state index contributed by atoms with van der Waals surface area (Å²) in [4.78, 5) is 37.7. The zero-order valence-electron chi connectivity index (χ0n) is 16.1. The minimum absolute atomic E-state index is 0.000411. The van der Waals surface area contributed by atoms with Crippen LogP contribution in [-0.4, -0.2) is 46.9 Å². The summed E-state index contributed by atoms with van der Waals surface area (Å²) in [6.07, 6.45) is 3.93. The van der Waals surface area contributed by atoms with Crippen LogP contribution >= 0.6 is 11.8 Å². The van der Waals surface area contributed by atoms with E-state index in [1.807, 2.05) is 6.92 Å². The minimum Gasteiger partial charge on any atom is -0.504 e. The number of methoxy groups -OCH3 is 1. The van der Waals surface area contributed by atoms with E-state index >= 15 is 0 Å². The van der Waals surface area contributed by atoms with Crippen molar-refractivity contribution in [1.82, 2.24) is 4.90 Å². The smallest absolute Gasteiger partial charge is 0.326 e. The van der Waals surface area contributed by atoms with Crippen LogP contribution in [0.15, 0.2) is 29.7 Å². The number of benzene rings is 1. The van der Waals surface area contributed by atoms with Gasteiger partial charge in [-0.1, -0.05) is 13.0 Å². The molecule has 1 aliphatic rings. The summed E-state index contributed by atoms with van der Waals surface area (Å²) in [5.74, 6) is -0.937. The molecule has 1 heterocycles. The van der Waals surface area contributed by atoms with Crippen molar-refractivity contribution < 1.29 is 29.0 Å². The Kier molecular flexibility index (Phi) is 7.28. The van der Waals surface area contributed by atoms with Crippen LogP contribution in [0.25, 0.3) is 6.08 Å². The average molecular weight is 405 g/mol. The summed E-state index contributed by atoms with van der Waals surface area (Å²) in [7, 11) is 1.42. The molecule has 1 aromatic carbocycles. The van der Waals surface area contributed by atoms with Crippen molar-refractivity contribution in [1.29, 1.82) is 0 Å². The number of hydrogen-bond donors (Lipinski definition) is 1. The molecule has 150 valence electrons. The maximum absolute atomic E-state index is 12.6. The van der Waals surface area contributed by atoms with Crippen LogP contribution in [-0.2, 0) is 20.7 Å². The molecule has 1 fully saturated rings. The monoisotopic (exact) mass is 405 g/mol. The highest BCUT2D eigenvalue weighted by molar-refractivity contribution is 8.18. The van der Waals surface area contributed by atoms with Gasteiger partial charge in [0, 0.05) is 5.56 Å². The minimum atomic E-state index is -0.627. The van der Waals surface area contributed by atoms with E-state index in [9.17, 15) is 19.5 Å². The maximum Gasteiger partial charge on any atom is 0.326 e. The zero-order valence-corrected chi connectivity index (χ0v) is 16.9. The van der Waals surface area contributed by atoms with Crippen molar-refractivity contribution in [3.8, 4) is 11.5 Å². The number of carbonyl (C=O) groups excluding carboxylic acids is 3. The molecule has 1 N–H and O–H groups in total. The van der Waals surface area contributed by atoms with E-state index in [-0.39, 0.29) is 22.5 Å². The van der Waals surface area contributed by atoms with E-state index in [0.717, 1.165) is 16.7 Å². The van der Waals surface area contributed by atoms with Gasteiger partial charge in [-0.2, -0.15) is 0 Å². The number of thioether (sulfide) groups is 1. The molecule has 1 aliphatic heterocycles. The van der Waals surface area contributed by atoms with E-state index in [0.29, 0.717) is 24.0 Å². The fourth-order valence-corrected chi connectivity index (χ4v) is 3.34. The number of esters is 1. The summed E-state index contributed by atoms with van der Waals surface area (Å²) < 4.78 is 10.3. The molecule has 0 aliphatic carbocycles. The summed E-state index contributed by atoms with van der Waals surface area (Å²) in [6.45, 7) is 6.84. The molecule has 0 unspecified atom stereocenters. The lowest BCUT2D eigenvalue weighted by Crippen LogP contribution is -2.35. The second-order valence-electron chi connectivity index (χ2n) is 6.20. The third kappa shape index (κ3) is 4.95. The van der Waals surface area contributed by atoms with Gasteiger partial charge in [-0.05, 0) is 55.3 Å². The van der Waals surface area contributed by atoms with Gasteiger partial charge in [-0.3, -0.25) is 19.3 Å². The summed E-state index contributed by atoms with van der Waals surface area (Å²) in [5, 5.41) is 9.62. The molecule has 1 atom stereocenters. The van der Waals surface area contributed by atoms with Crippen LogP contribution in [0.2, 0.25) is 0 Å². The van der Waals surface area contributed by atoms with Crippen LogP contribution < -0.4 is 4.74 Å². The third-order valence-corrected chi connectivity index (χ3v) is 5.03. The van der Waals surface area contributed by atoms with E-state index in [1.165, 1.54) is 13.2 Å². The third-order valence-electron chi connectivity index (χ3n) is 4.13. The van der Waals surface area contributed by atoms with Crippen molar-refractivity contribution in [2.24, 2.45) is 0 Å². The lowest BCUT2D eigenvalue weighted by Gasteiger charge is -2.14. The number of nitrogens with zero attached hydrogens (tertiary/aromatic N) is 1. The SMILES string of the molecule is C=CCc1cc(/C=C2\SC(=O)N(CC(=O)O[C@H](C)CC)C2=O)cc(OC)c1O. The molecule has 0 radical (unpaired) electrons. The van der Waals surface area contributed by atoms with Gasteiger partial charge in [-0.15, -0.1) is 6.58 Å². The molecule has 8 heteroatoms. The number of imide groups is 1. The number of carbonyl (C=O) groups is 3. The van der Waals surface area contributed by atoms with Gasteiger partial charge in [0.15, 0.2) is 11.5 Å². The number of allylic oxidation sites excluding steroid dienone is 1. The van der Waals surface area contributed by atoms with E-state index in [1.54, 1.807) is 25.1 Å². The van der Waals surface area contributed by atoms with Gasteiger partial charge in [0.2, 0.25) is 0 Å². The Morgan fingerprint density at radius 2 is 2.11 bits per heavy atom. The first-order valence-electron chi connectivity index (χ1n) is 8.76. The molecular weight excluding hydrogens is 382 g/mol. The van der Waals surface area contributed by atoms with E-state index in [2.05, 4.69) is 6.58 Å². The Hall–Kier alpha value is -2.74. The summed E-state index contributed by atoms with van der Waals surface area (Å²) in [5.41, 5.74) is 1.16. The average Bonchev–Trinajstić information content (AvgIpc) is 2.91. The molecule has 7 nitrogen and oxygen atoms in total. The van der Waals surface area contributed by atoms with Gasteiger partial charge in [-0.25, -0.2) is 0 Å². The molecule has 2 rings (SSSR count). The van der Waals surface area contributed by atoms with Crippen molar-refractivity contribution in [2.45, 2.75) is 32.8 Å². The normalized spacial score (nSPS) is 16.4.